The Kier molecular flexibility index (Phi) is 4.07. The lowest BCUT2D eigenvalue weighted by Gasteiger charge is -2.08. The third kappa shape index (κ3) is 2.83. The Bertz CT molecular complexity index is 1060. The van der Waals surface area contributed by atoms with Crippen LogP contribution in [0.5, 0.6) is 0 Å². The molecule has 0 aliphatic carbocycles. The van der Waals surface area contributed by atoms with E-state index in [1.165, 1.54) is 5.56 Å². The highest BCUT2D eigenvalue weighted by Crippen LogP contribution is 2.38. The third-order valence-corrected chi connectivity index (χ3v) is 5.13. The molecular weight excluding hydrogens is 332 g/mol. The molecule has 0 saturated heterocycles. The molecule has 0 radical (unpaired) electrons. The Morgan fingerprint density at radius 3 is 2.64 bits per heavy atom. The van der Waals surface area contributed by atoms with Crippen LogP contribution in [0.2, 0.25) is 0 Å². The highest BCUT2D eigenvalue weighted by Gasteiger charge is 2.17. The zero-order chi connectivity index (χ0) is 17.4. The van der Waals surface area contributed by atoms with E-state index in [2.05, 4.69) is 23.3 Å². The van der Waals surface area contributed by atoms with E-state index >= 15 is 0 Å². The van der Waals surface area contributed by atoms with Gasteiger partial charge in [0.1, 0.15) is 10.6 Å². The summed E-state index contributed by atoms with van der Waals surface area (Å²) < 4.78 is 0.976. The van der Waals surface area contributed by atoms with Gasteiger partial charge in [0.25, 0.3) is 0 Å². The average molecular weight is 350 g/mol. The maximum absolute atomic E-state index is 9.19. The maximum Gasteiger partial charge on any atom is 0.162 e. The molecule has 0 amide bonds. The van der Waals surface area contributed by atoms with Gasteiger partial charge >= 0.3 is 0 Å². The van der Waals surface area contributed by atoms with Crippen LogP contribution in [0.1, 0.15) is 11.3 Å². The molecule has 0 unspecified atom stereocenters. The Morgan fingerprint density at radius 1 is 1.08 bits per heavy atom. The summed E-state index contributed by atoms with van der Waals surface area (Å²) in [5.74, 6) is 1.42. The first-order chi connectivity index (χ1) is 12.2. The van der Waals surface area contributed by atoms with E-state index in [0.717, 1.165) is 37.5 Å². The number of aliphatic hydroxyl groups excluding tert-OH is 1. The first kappa shape index (κ1) is 15.9. The van der Waals surface area contributed by atoms with Gasteiger partial charge in [-0.1, -0.05) is 30.3 Å². The van der Waals surface area contributed by atoms with Gasteiger partial charge in [-0.3, -0.25) is 0 Å². The van der Waals surface area contributed by atoms with Crippen molar-refractivity contribution in [3.05, 3.63) is 47.7 Å². The van der Waals surface area contributed by atoms with Gasteiger partial charge in [-0.15, -0.1) is 11.3 Å². The molecule has 0 spiro atoms. The predicted molar refractivity (Wildman–Crippen MR) is 103 cm³/mol. The van der Waals surface area contributed by atoms with E-state index < -0.39 is 0 Å². The SMILES string of the molecule is Cc1cc(C)c2c(n1)sc1c(NCCO)nc(-c3ccccc3)nc12. The van der Waals surface area contributed by atoms with Crippen LogP contribution in [0.4, 0.5) is 5.82 Å². The lowest BCUT2D eigenvalue weighted by atomic mass is 10.1. The number of nitrogens with one attached hydrogen (secondary N) is 1. The second kappa shape index (κ2) is 6.38. The predicted octanol–water partition coefficient (Wildman–Crippen LogP) is 3.93. The maximum atomic E-state index is 9.19. The highest BCUT2D eigenvalue weighted by molar-refractivity contribution is 7.26. The first-order valence-electron chi connectivity index (χ1n) is 8.16. The van der Waals surface area contributed by atoms with E-state index in [1.807, 2.05) is 37.3 Å². The van der Waals surface area contributed by atoms with Crippen LogP contribution in [-0.4, -0.2) is 33.2 Å². The molecular formula is C19H18N4OS. The fourth-order valence-corrected chi connectivity index (χ4v) is 4.19. The van der Waals surface area contributed by atoms with Crippen LogP contribution in [0.15, 0.2) is 36.4 Å². The minimum absolute atomic E-state index is 0.0491. The molecule has 25 heavy (non-hydrogen) atoms. The summed E-state index contributed by atoms with van der Waals surface area (Å²) in [6.45, 7) is 4.59. The molecule has 0 bridgehead atoms. The Morgan fingerprint density at radius 2 is 1.88 bits per heavy atom. The van der Waals surface area contributed by atoms with Crippen molar-refractivity contribution in [3.8, 4) is 11.4 Å². The summed E-state index contributed by atoms with van der Waals surface area (Å²) in [6, 6.07) is 12.0. The summed E-state index contributed by atoms with van der Waals surface area (Å²) in [5.41, 5.74) is 4.05. The number of hydrogen-bond acceptors (Lipinski definition) is 6. The summed E-state index contributed by atoms with van der Waals surface area (Å²) in [5, 5.41) is 13.5. The normalized spacial score (nSPS) is 11.3. The Labute approximate surface area is 149 Å². The lowest BCUT2D eigenvalue weighted by Crippen LogP contribution is -2.08. The number of thiophene rings is 1. The molecule has 126 valence electrons. The first-order valence-corrected chi connectivity index (χ1v) is 8.97. The van der Waals surface area contributed by atoms with Crippen molar-refractivity contribution in [2.75, 3.05) is 18.5 Å². The second-order valence-electron chi connectivity index (χ2n) is 5.95. The largest absolute Gasteiger partial charge is 0.395 e. The van der Waals surface area contributed by atoms with Crippen LogP contribution in [-0.2, 0) is 0 Å². The van der Waals surface area contributed by atoms with Crippen molar-refractivity contribution in [1.29, 1.82) is 0 Å². The molecule has 0 aliphatic heterocycles. The van der Waals surface area contributed by atoms with Crippen molar-refractivity contribution in [2.45, 2.75) is 13.8 Å². The summed E-state index contributed by atoms with van der Waals surface area (Å²) >= 11 is 1.59. The molecule has 4 aromatic rings. The molecule has 6 heteroatoms. The fourth-order valence-electron chi connectivity index (χ4n) is 2.99. The number of rotatable bonds is 4. The van der Waals surface area contributed by atoms with Crippen LogP contribution >= 0.6 is 11.3 Å². The van der Waals surface area contributed by atoms with Gasteiger partial charge in [0.15, 0.2) is 5.82 Å². The van der Waals surface area contributed by atoms with Crippen LogP contribution < -0.4 is 5.32 Å². The number of anilines is 1. The molecule has 1 aromatic carbocycles. The van der Waals surface area contributed by atoms with Crippen LogP contribution in [0.3, 0.4) is 0 Å². The van der Waals surface area contributed by atoms with Gasteiger partial charge < -0.3 is 10.4 Å². The standard InChI is InChI=1S/C19H18N4OS/c1-11-10-12(2)21-19-14(11)15-16(25-19)18(20-8-9-24)23-17(22-15)13-6-4-3-5-7-13/h3-7,10,24H,8-9H2,1-2H3,(H,20,22,23). The molecule has 3 heterocycles. The number of aromatic nitrogens is 3. The smallest absolute Gasteiger partial charge is 0.162 e. The minimum Gasteiger partial charge on any atom is -0.395 e. The average Bonchev–Trinajstić information content (AvgIpc) is 2.98. The lowest BCUT2D eigenvalue weighted by molar-refractivity contribution is 0.311. The quantitative estimate of drug-likeness (QED) is 0.583. The monoisotopic (exact) mass is 350 g/mol. The molecule has 0 saturated carbocycles. The Balaban J connectivity index is 2.04. The Hall–Kier alpha value is -2.57. The topological polar surface area (TPSA) is 70.9 Å². The summed E-state index contributed by atoms with van der Waals surface area (Å²) in [7, 11) is 0. The van der Waals surface area contributed by atoms with Gasteiger partial charge in [0.05, 0.1) is 16.8 Å². The minimum atomic E-state index is 0.0491. The van der Waals surface area contributed by atoms with Crippen molar-refractivity contribution in [1.82, 2.24) is 15.0 Å². The molecule has 0 aliphatic rings. The molecule has 2 N–H and O–H groups in total. The zero-order valence-electron chi connectivity index (χ0n) is 14.1. The van der Waals surface area contributed by atoms with E-state index in [4.69, 9.17) is 9.97 Å². The number of aryl methyl sites for hydroxylation is 2. The molecule has 0 fully saturated rings. The van der Waals surface area contributed by atoms with Crippen molar-refractivity contribution >= 4 is 37.6 Å². The van der Waals surface area contributed by atoms with Gasteiger partial charge in [-0.05, 0) is 25.5 Å². The second-order valence-corrected chi connectivity index (χ2v) is 6.95. The van der Waals surface area contributed by atoms with Crippen molar-refractivity contribution in [2.24, 2.45) is 0 Å². The van der Waals surface area contributed by atoms with Crippen LogP contribution in [0, 0.1) is 13.8 Å². The van der Waals surface area contributed by atoms with Gasteiger partial charge in [-0.25, -0.2) is 15.0 Å². The number of hydrogen-bond donors (Lipinski definition) is 2. The molecule has 3 aromatic heterocycles. The van der Waals surface area contributed by atoms with Gasteiger partial charge in [-0.2, -0.15) is 0 Å². The fraction of sp³-hybridized carbons (Fsp3) is 0.211. The third-order valence-electron chi connectivity index (χ3n) is 4.05. The summed E-state index contributed by atoms with van der Waals surface area (Å²) in [6.07, 6.45) is 0. The van der Waals surface area contributed by atoms with Crippen LogP contribution in [0.25, 0.3) is 31.8 Å². The van der Waals surface area contributed by atoms with E-state index in [-0.39, 0.29) is 6.61 Å². The molecule has 4 rings (SSSR count). The van der Waals surface area contributed by atoms with E-state index in [9.17, 15) is 5.11 Å². The molecule has 5 nitrogen and oxygen atoms in total. The number of fused-ring (bicyclic) bond motifs is 3. The summed E-state index contributed by atoms with van der Waals surface area (Å²) in [4.78, 5) is 15.2. The number of nitrogens with zero attached hydrogens (tertiary/aromatic N) is 3. The highest BCUT2D eigenvalue weighted by atomic mass is 32.1. The van der Waals surface area contributed by atoms with Gasteiger partial charge in [0.2, 0.25) is 0 Å². The van der Waals surface area contributed by atoms with Crippen molar-refractivity contribution < 1.29 is 5.11 Å². The van der Waals surface area contributed by atoms with E-state index in [0.29, 0.717) is 12.4 Å². The van der Waals surface area contributed by atoms with Gasteiger partial charge in [0, 0.05) is 23.2 Å². The number of benzene rings is 1. The molecule has 0 atom stereocenters. The number of pyridine rings is 1. The van der Waals surface area contributed by atoms with Crippen molar-refractivity contribution in [3.63, 3.8) is 0 Å². The number of aliphatic hydroxyl groups is 1. The zero-order valence-corrected chi connectivity index (χ0v) is 14.9. The van der Waals surface area contributed by atoms with E-state index in [1.54, 1.807) is 11.3 Å².